The van der Waals surface area contributed by atoms with Crippen LogP contribution in [0.25, 0.3) is 6.08 Å². The van der Waals surface area contributed by atoms with Crippen molar-refractivity contribution in [1.29, 1.82) is 0 Å². The Morgan fingerprint density at radius 1 is 1.23 bits per heavy atom. The molecule has 31 heavy (non-hydrogen) atoms. The molecule has 4 heterocycles. The molecule has 1 atom stereocenters. The van der Waals surface area contributed by atoms with E-state index in [2.05, 4.69) is 16.5 Å². The monoisotopic (exact) mass is 418 g/mol. The van der Waals surface area contributed by atoms with Crippen molar-refractivity contribution >= 4 is 23.6 Å². The molecule has 0 aromatic carbocycles. The number of hydrogen-bond acceptors (Lipinski definition) is 6. The number of ether oxygens (including phenoxy) is 1. The maximum absolute atomic E-state index is 13.6. The van der Waals surface area contributed by atoms with Gasteiger partial charge in [-0.05, 0) is 49.4 Å². The Hall–Kier alpha value is -3.61. The zero-order valence-electron chi connectivity index (χ0n) is 17.6. The van der Waals surface area contributed by atoms with Crippen molar-refractivity contribution in [1.82, 2.24) is 14.8 Å². The van der Waals surface area contributed by atoms with Crippen LogP contribution in [0.1, 0.15) is 12.6 Å². The zero-order chi connectivity index (χ0) is 21.8. The van der Waals surface area contributed by atoms with Gasteiger partial charge in [0.15, 0.2) is 0 Å². The number of carbonyl (C=O) groups excluding carboxylic acids is 2. The van der Waals surface area contributed by atoms with Crippen molar-refractivity contribution in [3.8, 4) is 0 Å². The first-order valence-corrected chi connectivity index (χ1v) is 10.5. The first kappa shape index (κ1) is 20.7. The Bertz CT molecular complexity index is 1000. The van der Waals surface area contributed by atoms with Crippen LogP contribution in [0.2, 0.25) is 0 Å². The molecular weight excluding hydrogens is 392 g/mol. The minimum absolute atomic E-state index is 0.0917. The molecule has 0 radical (unpaired) electrons. The van der Waals surface area contributed by atoms with E-state index < -0.39 is 12.0 Å². The van der Waals surface area contributed by atoms with E-state index in [1.807, 2.05) is 52.4 Å². The number of anilines is 1. The van der Waals surface area contributed by atoms with Crippen molar-refractivity contribution in [3.63, 3.8) is 0 Å². The number of nitrogens with zero attached hydrogens (tertiary/aromatic N) is 4. The summed E-state index contributed by atoms with van der Waals surface area (Å²) < 4.78 is 5.23. The van der Waals surface area contributed by atoms with Gasteiger partial charge in [0.25, 0.3) is 5.91 Å². The number of amides is 1. The topological polar surface area (TPSA) is 66.0 Å². The van der Waals surface area contributed by atoms with Crippen LogP contribution in [0.15, 0.2) is 72.8 Å². The van der Waals surface area contributed by atoms with Crippen LogP contribution in [0.4, 0.5) is 5.69 Å². The summed E-state index contributed by atoms with van der Waals surface area (Å²) in [6.07, 6.45) is 14.6. The van der Waals surface area contributed by atoms with Gasteiger partial charge >= 0.3 is 5.97 Å². The predicted molar refractivity (Wildman–Crippen MR) is 120 cm³/mol. The standard InChI is InChI=1S/C24H26N4O3/c1-3-18-17-20(10-11-25-18)26-13-15-27(16-14-26)23(29)22-21(24(30)31-4-2)9-8-19-7-5-6-12-28(19)22/h3,5-12,17,22H,1,4,13-16H2,2H3. The minimum Gasteiger partial charge on any atom is -0.463 e. The molecule has 7 heteroatoms. The van der Waals surface area contributed by atoms with Crippen molar-refractivity contribution in [2.75, 3.05) is 37.7 Å². The molecule has 1 aromatic heterocycles. The predicted octanol–water partition coefficient (Wildman–Crippen LogP) is 2.51. The van der Waals surface area contributed by atoms with Gasteiger partial charge in [0, 0.05) is 50.0 Å². The van der Waals surface area contributed by atoms with Crippen molar-refractivity contribution in [2.24, 2.45) is 0 Å². The van der Waals surface area contributed by atoms with E-state index in [9.17, 15) is 9.59 Å². The van der Waals surface area contributed by atoms with Gasteiger partial charge in [0.2, 0.25) is 0 Å². The van der Waals surface area contributed by atoms with E-state index in [1.54, 1.807) is 25.3 Å². The molecule has 1 saturated heterocycles. The van der Waals surface area contributed by atoms with Crippen LogP contribution in [0, 0.1) is 0 Å². The third kappa shape index (κ3) is 4.17. The number of aromatic nitrogens is 1. The molecule has 1 aromatic rings. The van der Waals surface area contributed by atoms with E-state index in [-0.39, 0.29) is 12.5 Å². The Balaban J connectivity index is 1.51. The lowest BCUT2D eigenvalue weighted by atomic mass is 9.97. The van der Waals surface area contributed by atoms with Gasteiger partial charge in [-0.1, -0.05) is 12.7 Å². The fourth-order valence-corrected chi connectivity index (χ4v) is 4.01. The van der Waals surface area contributed by atoms with Gasteiger partial charge < -0.3 is 19.4 Å². The summed E-state index contributed by atoms with van der Waals surface area (Å²) in [6, 6.07) is 3.24. The van der Waals surface area contributed by atoms with E-state index in [4.69, 9.17) is 4.74 Å². The second kappa shape index (κ2) is 9.04. The third-order valence-corrected chi connectivity index (χ3v) is 5.60. The maximum atomic E-state index is 13.6. The van der Waals surface area contributed by atoms with Gasteiger partial charge in [0.05, 0.1) is 17.9 Å². The molecule has 1 unspecified atom stereocenters. The summed E-state index contributed by atoms with van der Waals surface area (Å²) in [5.74, 6) is -0.544. The second-order valence-electron chi connectivity index (χ2n) is 7.40. The van der Waals surface area contributed by atoms with Crippen LogP contribution >= 0.6 is 0 Å². The Morgan fingerprint density at radius 3 is 2.77 bits per heavy atom. The summed E-state index contributed by atoms with van der Waals surface area (Å²) in [5.41, 5.74) is 3.13. The molecular formula is C24H26N4O3. The molecule has 0 aliphatic carbocycles. The summed E-state index contributed by atoms with van der Waals surface area (Å²) in [4.78, 5) is 36.3. The molecule has 3 aliphatic rings. The van der Waals surface area contributed by atoms with Gasteiger partial charge in [-0.25, -0.2) is 4.79 Å². The molecule has 0 bridgehead atoms. The molecule has 3 aliphatic heterocycles. The van der Waals surface area contributed by atoms with Crippen LogP contribution in [-0.2, 0) is 14.3 Å². The number of allylic oxidation sites excluding steroid dienone is 5. The number of carbonyl (C=O) groups is 2. The number of piperazine rings is 1. The van der Waals surface area contributed by atoms with Crippen LogP contribution < -0.4 is 4.90 Å². The number of fused-ring (bicyclic) bond motifs is 1. The van der Waals surface area contributed by atoms with E-state index in [0.29, 0.717) is 31.8 Å². The SMILES string of the molecule is C=Cc1cc(N2CCN(C(=O)C3C(C(=O)OCC)=CC=C4C=CC=CN43)CC2)ccn1. The molecule has 1 amide bonds. The second-order valence-corrected chi connectivity index (χ2v) is 7.40. The summed E-state index contributed by atoms with van der Waals surface area (Å²) in [5, 5.41) is 0. The van der Waals surface area contributed by atoms with Crippen LogP contribution in [-0.4, -0.2) is 65.5 Å². The van der Waals surface area contributed by atoms with Crippen molar-refractivity contribution in [2.45, 2.75) is 13.0 Å². The first-order valence-electron chi connectivity index (χ1n) is 10.5. The van der Waals surface area contributed by atoms with Gasteiger partial charge in [-0.2, -0.15) is 0 Å². The molecule has 0 saturated carbocycles. The minimum atomic E-state index is -0.722. The number of hydrogen-bond donors (Lipinski definition) is 0. The highest BCUT2D eigenvalue weighted by molar-refractivity contribution is 6.00. The third-order valence-electron chi connectivity index (χ3n) is 5.60. The summed E-state index contributed by atoms with van der Waals surface area (Å²) >= 11 is 0. The molecule has 7 nitrogen and oxygen atoms in total. The largest absolute Gasteiger partial charge is 0.463 e. The Labute approximate surface area is 182 Å². The van der Waals surface area contributed by atoms with Crippen LogP contribution in [0.3, 0.4) is 0 Å². The molecule has 1 fully saturated rings. The van der Waals surface area contributed by atoms with Crippen LogP contribution in [0.5, 0.6) is 0 Å². The van der Waals surface area contributed by atoms with Crippen molar-refractivity contribution in [3.05, 3.63) is 78.5 Å². The van der Waals surface area contributed by atoms with E-state index in [0.717, 1.165) is 17.1 Å². The Kier molecular flexibility index (Phi) is 6.02. The highest BCUT2D eigenvalue weighted by Crippen LogP contribution is 2.28. The molecule has 0 spiro atoms. The lowest BCUT2D eigenvalue weighted by Gasteiger charge is -2.41. The number of pyridine rings is 1. The fourth-order valence-electron chi connectivity index (χ4n) is 4.01. The zero-order valence-corrected chi connectivity index (χ0v) is 17.6. The van der Waals surface area contributed by atoms with Gasteiger partial charge in [0.1, 0.15) is 6.04 Å². The van der Waals surface area contributed by atoms with E-state index in [1.165, 1.54) is 0 Å². The highest BCUT2D eigenvalue weighted by atomic mass is 16.5. The fraction of sp³-hybridized carbons (Fsp3) is 0.292. The first-order chi connectivity index (χ1) is 15.1. The van der Waals surface area contributed by atoms with Gasteiger partial charge in [-0.3, -0.25) is 9.78 Å². The molecule has 0 N–H and O–H groups in total. The van der Waals surface area contributed by atoms with Gasteiger partial charge in [-0.15, -0.1) is 0 Å². The normalized spacial score (nSPS) is 20.0. The highest BCUT2D eigenvalue weighted by Gasteiger charge is 2.39. The molecule has 4 rings (SSSR count). The quantitative estimate of drug-likeness (QED) is 0.685. The maximum Gasteiger partial charge on any atom is 0.336 e. The average molecular weight is 418 g/mol. The average Bonchev–Trinajstić information content (AvgIpc) is 2.83. The number of esters is 1. The Morgan fingerprint density at radius 2 is 2.03 bits per heavy atom. The lowest BCUT2D eigenvalue weighted by Crippen LogP contribution is -2.55. The summed E-state index contributed by atoms with van der Waals surface area (Å²) in [7, 11) is 0. The lowest BCUT2D eigenvalue weighted by molar-refractivity contribution is -0.143. The summed E-state index contributed by atoms with van der Waals surface area (Å²) in [6.45, 7) is 8.36. The van der Waals surface area contributed by atoms with Crippen molar-refractivity contribution < 1.29 is 14.3 Å². The van der Waals surface area contributed by atoms with E-state index >= 15 is 0 Å². The molecule has 160 valence electrons. The smallest absolute Gasteiger partial charge is 0.336 e. The number of rotatable bonds is 5.